The van der Waals surface area contributed by atoms with E-state index in [-0.39, 0.29) is 17.2 Å². The van der Waals surface area contributed by atoms with E-state index in [4.69, 9.17) is 4.74 Å². The smallest absolute Gasteiger partial charge is 0.261 e. The van der Waals surface area contributed by atoms with Gasteiger partial charge in [0.25, 0.3) is 10.0 Å². The number of ether oxygens (including phenoxy) is 1. The van der Waals surface area contributed by atoms with Crippen molar-refractivity contribution in [2.24, 2.45) is 0 Å². The summed E-state index contributed by atoms with van der Waals surface area (Å²) in [6, 6.07) is 20.6. The van der Waals surface area contributed by atoms with Gasteiger partial charge in [0.1, 0.15) is 11.5 Å². The second-order valence-electron chi connectivity index (χ2n) is 6.09. The van der Waals surface area contributed by atoms with E-state index in [1.54, 1.807) is 30.3 Å². The van der Waals surface area contributed by atoms with E-state index in [1.165, 1.54) is 12.1 Å². The summed E-state index contributed by atoms with van der Waals surface area (Å²) in [4.78, 5) is 11.5. The van der Waals surface area contributed by atoms with E-state index in [0.717, 1.165) is 0 Å². The number of anilines is 2. The Balaban J connectivity index is 1.50. The molecule has 6 nitrogen and oxygen atoms in total. The van der Waals surface area contributed by atoms with Crippen molar-refractivity contribution in [3.63, 3.8) is 0 Å². The normalized spacial score (nSPS) is 13.0. The number of nitrogens with one attached hydrogen (secondary N) is 2. The zero-order chi connectivity index (χ0) is 18.9. The lowest BCUT2D eigenvalue weighted by molar-refractivity contribution is -0.115. The molecule has 7 heteroatoms. The summed E-state index contributed by atoms with van der Waals surface area (Å²) in [5.41, 5.74) is 1.75. The van der Waals surface area contributed by atoms with Gasteiger partial charge in [-0.25, -0.2) is 8.42 Å². The standard InChI is InChI=1S/C20H16N2O4S/c23-20-13-14-12-18(10-11-19(14)21-20)27(24,25)22-15-6-8-17(9-7-15)26-16-4-2-1-3-5-16/h1-12,22H,13H2,(H,21,23). The molecule has 27 heavy (non-hydrogen) atoms. The van der Waals surface area contributed by atoms with Crippen LogP contribution in [-0.2, 0) is 21.2 Å². The molecular formula is C20H16N2O4S. The van der Waals surface area contributed by atoms with Crippen LogP contribution in [0.2, 0.25) is 0 Å². The number of benzene rings is 3. The Hall–Kier alpha value is -3.32. The lowest BCUT2D eigenvalue weighted by atomic mass is 10.2. The summed E-state index contributed by atoms with van der Waals surface area (Å²) in [6.07, 6.45) is 0.185. The van der Waals surface area contributed by atoms with Crippen LogP contribution in [0.4, 0.5) is 11.4 Å². The van der Waals surface area contributed by atoms with Gasteiger partial charge >= 0.3 is 0 Å². The number of para-hydroxylation sites is 1. The molecule has 0 fully saturated rings. The molecule has 3 aromatic carbocycles. The van der Waals surface area contributed by atoms with E-state index in [2.05, 4.69) is 10.0 Å². The number of fused-ring (bicyclic) bond motifs is 1. The van der Waals surface area contributed by atoms with E-state index < -0.39 is 10.0 Å². The highest BCUT2D eigenvalue weighted by atomic mass is 32.2. The maximum absolute atomic E-state index is 12.6. The highest BCUT2D eigenvalue weighted by molar-refractivity contribution is 7.92. The van der Waals surface area contributed by atoms with Crippen LogP contribution in [0.3, 0.4) is 0 Å². The van der Waals surface area contributed by atoms with Gasteiger partial charge in [-0.15, -0.1) is 0 Å². The molecule has 0 radical (unpaired) electrons. The number of carbonyl (C=O) groups is 1. The van der Waals surface area contributed by atoms with Crippen molar-refractivity contribution in [2.75, 3.05) is 10.0 Å². The van der Waals surface area contributed by atoms with Crippen molar-refractivity contribution >= 4 is 27.3 Å². The number of hydrogen-bond acceptors (Lipinski definition) is 4. The minimum atomic E-state index is -3.75. The minimum absolute atomic E-state index is 0.113. The van der Waals surface area contributed by atoms with Gasteiger partial charge in [-0.1, -0.05) is 18.2 Å². The maximum Gasteiger partial charge on any atom is 0.261 e. The molecule has 0 bridgehead atoms. The van der Waals surface area contributed by atoms with E-state index in [0.29, 0.717) is 28.4 Å². The van der Waals surface area contributed by atoms with Crippen LogP contribution in [-0.4, -0.2) is 14.3 Å². The van der Waals surface area contributed by atoms with Crippen molar-refractivity contribution in [3.8, 4) is 11.5 Å². The fourth-order valence-corrected chi connectivity index (χ4v) is 3.91. The molecule has 4 rings (SSSR count). The molecule has 0 unspecified atom stereocenters. The molecule has 1 aliphatic heterocycles. The number of rotatable bonds is 5. The van der Waals surface area contributed by atoms with Crippen molar-refractivity contribution in [1.82, 2.24) is 0 Å². The molecule has 1 aliphatic rings. The van der Waals surface area contributed by atoms with Crippen molar-refractivity contribution in [1.29, 1.82) is 0 Å². The second kappa shape index (κ2) is 6.77. The first-order valence-corrected chi connectivity index (χ1v) is 9.76. The largest absolute Gasteiger partial charge is 0.457 e. The summed E-state index contributed by atoms with van der Waals surface area (Å²) >= 11 is 0. The van der Waals surface area contributed by atoms with Crippen molar-refractivity contribution in [3.05, 3.63) is 78.4 Å². The highest BCUT2D eigenvalue weighted by Crippen LogP contribution is 2.28. The summed E-state index contributed by atoms with van der Waals surface area (Å²) in [5.74, 6) is 1.17. The predicted molar refractivity (Wildman–Crippen MR) is 103 cm³/mol. The molecule has 0 atom stereocenters. The summed E-state index contributed by atoms with van der Waals surface area (Å²) < 4.78 is 33.5. The molecule has 1 heterocycles. The van der Waals surface area contributed by atoms with Crippen molar-refractivity contribution < 1.29 is 17.9 Å². The molecule has 0 spiro atoms. The molecule has 1 amide bonds. The van der Waals surface area contributed by atoms with Crippen molar-refractivity contribution in [2.45, 2.75) is 11.3 Å². The lowest BCUT2D eigenvalue weighted by Gasteiger charge is -2.10. The molecule has 0 saturated carbocycles. The topological polar surface area (TPSA) is 84.5 Å². The molecule has 0 saturated heterocycles. The Morgan fingerprint density at radius 2 is 1.59 bits per heavy atom. The number of carbonyl (C=O) groups excluding carboxylic acids is 1. The predicted octanol–water partition coefficient (Wildman–Crippen LogP) is 3.77. The first-order chi connectivity index (χ1) is 13.0. The van der Waals surface area contributed by atoms with Gasteiger partial charge in [-0.05, 0) is 60.2 Å². The molecule has 2 N–H and O–H groups in total. The lowest BCUT2D eigenvalue weighted by Crippen LogP contribution is -2.13. The van der Waals surface area contributed by atoms with Crippen LogP contribution >= 0.6 is 0 Å². The quantitative estimate of drug-likeness (QED) is 0.706. The van der Waals surface area contributed by atoms with Crippen LogP contribution < -0.4 is 14.8 Å². The van der Waals surface area contributed by atoms with Crippen LogP contribution in [0.15, 0.2) is 77.7 Å². The third-order valence-electron chi connectivity index (χ3n) is 4.10. The average molecular weight is 380 g/mol. The highest BCUT2D eigenvalue weighted by Gasteiger charge is 2.21. The SMILES string of the molecule is O=C1Cc2cc(S(=O)(=O)Nc3ccc(Oc4ccccc4)cc3)ccc2N1. The first-order valence-electron chi connectivity index (χ1n) is 8.28. The number of amides is 1. The van der Waals surface area contributed by atoms with Gasteiger partial charge in [0.2, 0.25) is 5.91 Å². The van der Waals surface area contributed by atoms with Gasteiger partial charge in [-0.3, -0.25) is 9.52 Å². The van der Waals surface area contributed by atoms with Gasteiger partial charge in [0, 0.05) is 11.4 Å². The minimum Gasteiger partial charge on any atom is -0.457 e. The third kappa shape index (κ3) is 3.78. The van der Waals surface area contributed by atoms with Crippen LogP contribution in [0.1, 0.15) is 5.56 Å². The van der Waals surface area contributed by atoms with E-state index in [1.807, 2.05) is 30.3 Å². The third-order valence-corrected chi connectivity index (χ3v) is 5.48. The molecule has 0 aliphatic carbocycles. The number of hydrogen-bond donors (Lipinski definition) is 2. The molecule has 0 aromatic heterocycles. The van der Waals surface area contributed by atoms with Crippen LogP contribution in [0.5, 0.6) is 11.5 Å². The average Bonchev–Trinajstić information content (AvgIpc) is 3.03. The van der Waals surface area contributed by atoms with Crippen LogP contribution in [0, 0.1) is 0 Å². The zero-order valence-electron chi connectivity index (χ0n) is 14.2. The second-order valence-corrected chi connectivity index (χ2v) is 7.77. The zero-order valence-corrected chi connectivity index (χ0v) is 15.0. The molecule has 136 valence electrons. The Labute approximate surface area is 156 Å². The fourth-order valence-electron chi connectivity index (χ4n) is 2.80. The summed E-state index contributed by atoms with van der Waals surface area (Å²) in [5, 5.41) is 2.68. The van der Waals surface area contributed by atoms with Gasteiger partial charge in [0.15, 0.2) is 0 Å². The van der Waals surface area contributed by atoms with Gasteiger partial charge < -0.3 is 10.1 Å². The summed E-state index contributed by atoms with van der Waals surface area (Å²) in [7, 11) is -3.75. The number of sulfonamides is 1. The maximum atomic E-state index is 12.6. The van der Waals surface area contributed by atoms with E-state index in [9.17, 15) is 13.2 Å². The first kappa shape index (κ1) is 17.1. The Morgan fingerprint density at radius 3 is 2.33 bits per heavy atom. The summed E-state index contributed by atoms with van der Waals surface area (Å²) in [6.45, 7) is 0. The molecular weight excluding hydrogens is 364 g/mol. The Bertz CT molecular complexity index is 1090. The van der Waals surface area contributed by atoms with E-state index >= 15 is 0 Å². The fraction of sp³-hybridized carbons (Fsp3) is 0.0500. The van der Waals surface area contributed by atoms with Gasteiger partial charge in [-0.2, -0.15) is 0 Å². The Kier molecular flexibility index (Phi) is 4.29. The van der Waals surface area contributed by atoms with Crippen LogP contribution in [0.25, 0.3) is 0 Å². The Morgan fingerprint density at radius 1 is 0.889 bits per heavy atom. The molecule has 3 aromatic rings. The van der Waals surface area contributed by atoms with Gasteiger partial charge in [0.05, 0.1) is 11.3 Å². The monoisotopic (exact) mass is 380 g/mol.